The molecule has 1 fully saturated rings. The summed E-state index contributed by atoms with van der Waals surface area (Å²) in [4.78, 5) is 0.246. The summed E-state index contributed by atoms with van der Waals surface area (Å²) in [5.74, 6) is 0.0942. The van der Waals surface area contributed by atoms with E-state index in [1.807, 2.05) is 0 Å². The summed E-state index contributed by atoms with van der Waals surface area (Å²) in [6.07, 6.45) is 2.53. The van der Waals surface area contributed by atoms with Crippen LogP contribution in [0.15, 0.2) is 29.2 Å². The van der Waals surface area contributed by atoms with Crippen LogP contribution in [0.4, 0.5) is 5.69 Å². The third kappa shape index (κ3) is 5.17. The zero-order valence-electron chi connectivity index (χ0n) is 13.1. The molecule has 1 saturated heterocycles. The Morgan fingerprint density at radius 1 is 1.13 bits per heavy atom. The molecule has 1 aliphatic rings. The van der Waals surface area contributed by atoms with Gasteiger partial charge in [-0.25, -0.2) is 16.8 Å². The summed E-state index contributed by atoms with van der Waals surface area (Å²) in [6, 6.07) is 6.33. The van der Waals surface area contributed by atoms with E-state index in [9.17, 15) is 16.8 Å². The molecule has 1 aliphatic heterocycles. The maximum Gasteiger partial charge on any atom is 0.243 e. The number of nitrogen functional groups attached to an aromatic ring is 1. The lowest BCUT2D eigenvalue weighted by Gasteiger charge is -2.31. The maximum absolute atomic E-state index is 12.5. The van der Waals surface area contributed by atoms with Gasteiger partial charge < -0.3 is 11.1 Å². The minimum Gasteiger partial charge on any atom is -0.399 e. The third-order valence-corrected chi connectivity index (χ3v) is 6.74. The summed E-state index contributed by atoms with van der Waals surface area (Å²) in [6.45, 7) is 1.24. The van der Waals surface area contributed by atoms with E-state index in [-0.39, 0.29) is 16.7 Å². The van der Waals surface area contributed by atoms with Crippen LogP contribution >= 0.6 is 0 Å². The van der Waals surface area contributed by atoms with E-state index in [4.69, 9.17) is 5.73 Å². The Balaban J connectivity index is 1.89. The smallest absolute Gasteiger partial charge is 0.243 e. The van der Waals surface area contributed by atoms with Crippen LogP contribution in [0.3, 0.4) is 0 Å². The lowest BCUT2D eigenvalue weighted by Crippen LogP contribution is -2.45. The Bertz CT molecular complexity index is 722. The minimum absolute atomic E-state index is 0.0942. The molecule has 0 aliphatic carbocycles. The van der Waals surface area contributed by atoms with Crippen molar-refractivity contribution in [2.45, 2.75) is 23.8 Å². The third-order valence-electron chi connectivity index (χ3n) is 3.88. The average Bonchev–Trinajstić information content (AvgIpc) is 2.47. The van der Waals surface area contributed by atoms with E-state index < -0.39 is 19.9 Å². The largest absolute Gasteiger partial charge is 0.399 e. The van der Waals surface area contributed by atoms with Crippen molar-refractivity contribution in [3.8, 4) is 0 Å². The van der Waals surface area contributed by atoms with E-state index in [2.05, 4.69) is 5.32 Å². The van der Waals surface area contributed by atoms with E-state index in [1.54, 1.807) is 12.1 Å². The molecule has 1 heterocycles. The van der Waals surface area contributed by atoms with E-state index in [0.29, 0.717) is 38.2 Å². The molecule has 1 aromatic carbocycles. The molecule has 0 saturated carbocycles. The van der Waals surface area contributed by atoms with Gasteiger partial charge in [0.1, 0.15) is 9.84 Å². The average molecular weight is 361 g/mol. The molecule has 0 radical (unpaired) electrons. The van der Waals surface area contributed by atoms with Gasteiger partial charge in [0.05, 0.1) is 10.6 Å². The summed E-state index contributed by atoms with van der Waals surface area (Å²) in [5.41, 5.74) is 6.11. The number of nitrogens with two attached hydrogens (primary N) is 1. The van der Waals surface area contributed by atoms with Crippen LogP contribution in [0.1, 0.15) is 12.8 Å². The number of sulfonamides is 1. The Morgan fingerprint density at radius 3 is 2.22 bits per heavy atom. The molecule has 0 spiro atoms. The molecule has 0 amide bonds. The van der Waals surface area contributed by atoms with E-state index in [0.717, 1.165) is 0 Å². The van der Waals surface area contributed by atoms with Crippen LogP contribution in [0.2, 0.25) is 0 Å². The number of piperidine rings is 1. The predicted molar refractivity (Wildman–Crippen MR) is 90.3 cm³/mol. The van der Waals surface area contributed by atoms with Crippen molar-refractivity contribution in [1.29, 1.82) is 0 Å². The van der Waals surface area contributed by atoms with Crippen LogP contribution in [-0.4, -0.2) is 58.8 Å². The molecule has 9 heteroatoms. The molecular weight excluding hydrogens is 338 g/mol. The highest BCUT2D eigenvalue weighted by Crippen LogP contribution is 2.21. The van der Waals surface area contributed by atoms with Crippen LogP contribution in [0.5, 0.6) is 0 Å². The Labute approximate surface area is 137 Å². The standard InChI is InChI=1S/C14H23N3O4S2/c1-22(18,19)11-8-16-13-6-9-17(10-7-13)23(20,21)14-4-2-12(15)3-5-14/h2-5,13,16H,6-11,15H2,1H3. The van der Waals surface area contributed by atoms with Crippen molar-refractivity contribution in [2.75, 3.05) is 37.4 Å². The second kappa shape index (κ2) is 7.16. The van der Waals surface area contributed by atoms with Crippen LogP contribution < -0.4 is 11.1 Å². The van der Waals surface area contributed by atoms with E-state index in [1.165, 1.54) is 22.7 Å². The predicted octanol–water partition coefficient (Wildman–Crippen LogP) is 0.0561. The number of hydrogen-bond acceptors (Lipinski definition) is 6. The van der Waals surface area contributed by atoms with Gasteiger partial charge in [-0.3, -0.25) is 0 Å². The molecule has 2 rings (SSSR count). The molecule has 130 valence electrons. The number of rotatable bonds is 6. The molecule has 7 nitrogen and oxygen atoms in total. The van der Waals surface area contributed by atoms with Gasteiger partial charge >= 0.3 is 0 Å². The second-order valence-corrected chi connectivity index (χ2v) is 10.0. The first kappa shape index (κ1) is 18.2. The summed E-state index contributed by atoms with van der Waals surface area (Å²) in [7, 11) is -6.47. The second-order valence-electron chi connectivity index (χ2n) is 5.83. The normalized spacial score (nSPS) is 18.1. The number of sulfone groups is 1. The summed E-state index contributed by atoms with van der Waals surface area (Å²) >= 11 is 0. The zero-order valence-corrected chi connectivity index (χ0v) is 14.7. The fourth-order valence-corrected chi connectivity index (χ4v) is 4.50. The number of nitrogens with zero attached hydrogens (tertiary/aromatic N) is 1. The number of nitrogens with one attached hydrogen (secondary N) is 1. The topological polar surface area (TPSA) is 110 Å². The Morgan fingerprint density at radius 2 is 1.70 bits per heavy atom. The molecule has 23 heavy (non-hydrogen) atoms. The number of anilines is 1. The first-order valence-electron chi connectivity index (χ1n) is 7.45. The van der Waals surface area contributed by atoms with Gasteiger partial charge in [-0.1, -0.05) is 0 Å². The lowest BCUT2D eigenvalue weighted by molar-refractivity contribution is 0.292. The van der Waals surface area contributed by atoms with Gasteiger partial charge in [-0.05, 0) is 37.1 Å². The molecular formula is C14H23N3O4S2. The lowest BCUT2D eigenvalue weighted by atomic mass is 10.1. The fraction of sp³-hybridized carbons (Fsp3) is 0.571. The van der Waals surface area contributed by atoms with Gasteiger partial charge in [0.15, 0.2) is 0 Å². The minimum atomic E-state index is -3.49. The first-order chi connectivity index (χ1) is 10.7. The van der Waals surface area contributed by atoms with Crippen molar-refractivity contribution in [2.24, 2.45) is 0 Å². The quantitative estimate of drug-likeness (QED) is 0.693. The molecule has 3 N–H and O–H groups in total. The van der Waals surface area contributed by atoms with Crippen LogP contribution in [0, 0.1) is 0 Å². The molecule has 1 aromatic rings. The van der Waals surface area contributed by atoms with Crippen molar-refractivity contribution >= 4 is 25.5 Å². The van der Waals surface area contributed by atoms with Gasteiger partial charge in [0.25, 0.3) is 0 Å². The van der Waals surface area contributed by atoms with Crippen LogP contribution in [-0.2, 0) is 19.9 Å². The molecule has 0 unspecified atom stereocenters. The van der Waals surface area contributed by atoms with Gasteiger partial charge in [-0.2, -0.15) is 4.31 Å². The Hall–Kier alpha value is -1.16. The van der Waals surface area contributed by atoms with Crippen LogP contribution in [0.25, 0.3) is 0 Å². The fourth-order valence-electron chi connectivity index (χ4n) is 2.54. The van der Waals surface area contributed by atoms with Gasteiger partial charge in [-0.15, -0.1) is 0 Å². The molecule has 0 atom stereocenters. The highest BCUT2D eigenvalue weighted by molar-refractivity contribution is 7.90. The van der Waals surface area contributed by atoms with Crippen molar-refractivity contribution in [3.63, 3.8) is 0 Å². The van der Waals surface area contributed by atoms with Gasteiger partial charge in [0.2, 0.25) is 10.0 Å². The van der Waals surface area contributed by atoms with E-state index >= 15 is 0 Å². The summed E-state index contributed by atoms with van der Waals surface area (Å²) < 4.78 is 48.7. The monoisotopic (exact) mass is 361 g/mol. The van der Waals surface area contributed by atoms with Gasteiger partial charge in [0, 0.05) is 37.6 Å². The number of hydrogen-bond donors (Lipinski definition) is 2. The molecule has 0 bridgehead atoms. The first-order valence-corrected chi connectivity index (χ1v) is 11.0. The Kier molecular flexibility index (Phi) is 5.66. The van der Waals surface area contributed by atoms with Crippen molar-refractivity contribution < 1.29 is 16.8 Å². The van der Waals surface area contributed by atoms with Crippen molar-refractivity contribution in [1.82, 2.24) is 9.62 Å². The maximum atomic E-state index is 12.5. The highest BCUT2D eigenvalue weighted by atomic mass is 32.2. The number of benzene rings is 1. The highest BCUT2D eigenvalue weighted by Gasteiger charge is 2.29. The SMILES string of the molecule is CS(=O)(=O)CCNC1CCN(S(=O)(=O)c2ccc(N)cc2)CC1. The zero-order chi connectivity index (χ0) is 17.1. The molecule has 0 aromatic heterocycles. The summed E-state index contributed by atoms with van der Waals surface area (Å²) in [5, 5.41) is 3.18. The van der Waals surface area contributed by atoms with Crippen molar-refractivity contribution in [3.05, 3.63) is 24.3 Å².